The van der Waals surface area contributed by atoms with Gasteiger partial charge in [-0.1, -0.05) is 48.0 Å². The van der Waals surface area contributed by atoms with Crippen LogP contribution in [-0.2, 0) is 24.1 Å². The molecule has 1 heterocycles. The lowest BCUT2D eigenvalue weighted by atomic mass is 9.91. The van der Waals surface area contributed by atoms with Gasteiger partial charge in [-0.05, 0) is 66.8 Å². The van der Waals surface area contributed by atoms with Crippen LogP contribution in [0, 0.1) is 5.82 Å². The number of rotatable bonds is 10. The molecule has 1 atom stereocenters. The summed E-state index contributed by atoms with van der Waals surface area (Å²) in [5.74, 6) is -0.870. The van der Waals surface area contributed by atoms with E-state index in [0.29, 0.717) is 30.7 Å². The van der Waals surface area contributed by atoms with E-state index in [0.717, 1.165) is 24.0 Å². The van der Waals surface area contributed by atoms with Crippen molar-refractivity contribution in [1.82, 2.24) is 4.90 Å². The van der Waals surface area contributed by atoms with E-state index < -0.39 is 17.4 Å². The van der Waals surface area contributed by atoms with Crippen LogP contribution in [0.5, 0.6) is 5.75 Å². The van der Waals surface area contributed by atoms with E-state index in [9.17, 15) is 19.1 Å². The highest BCUT2D eigenvalue weighted by atomic mass is 35.5. The molecule has 0 unspecified atom stereocenters. The number of hydrogen-bond acceptors (Lipinski definition) is 3. The first kappa shape index (κ1) is 25.7. The molecule has 0 spiro atoms. The van der Waals surface area contributed by atoms with Crippen LogP contribution in [0.25, 0.3) is 0 Å². The molecule has 4 rings (SSSR count). The average molecular weight is 510 g/mol. The number of aryl methyl sites for hydroxylation is 1. The highest BCUT2D eigenvalue weighted by molar-refractivity contribution is 6.30. The van der Waals surface area contributed by atoms with Crippen LogP contribution in [0.4, 0.5) is 4.39 Å². The summed E-state index contributed by atoms with van der Waals surface area (Å²) >= 11 is 5.94. The summed E-state index contributed by atoms with van der Waals surface area (Å²) in [5, 5.41) is 9.25. The van der Waals surface area contributed by atoms with Crippen molar-refractivity contribution in [3.63, 3.8) is 0 Å². The monoisotopic (exact) mass is 509 g/mol. The second-order valence-electron chi connectivity index (χ2n) is 9.50. The summed E-state index contributed by atoms with van der Waals surface area (Å²) in [7, 11) is 0. The first-order valence-electron chi connectivity index (χ1n) is 12.0. The highest BCUT2D eigenvalue weighted by Gasteiger charge is 2.35. The summed E-state index contributed by atoms with van der Waals surface area (Å²) in [6.45, 7) is 2.60. The van der Waals surface area contributed by atoms with Crippen LogP contribution < -0.4 is 4.74 Å². The van der Waals surface area contributed by atoms with Gasteiger partial charge in [0.1, 0.15) is 17.2 Å². The van der Waals surface area contributed by atoms with Crippen LogP contribution in [0.3, 0.4) is 0 Å². The van der Waals surface area contributed by atoms with Crippen molar-refractivity contribution in [2.75, 3.05) is 13.1 Å². The molecule has 0 saturated carbocycles. The van der Waals surface area contributed by atoms with Gasteiger partial charge in [-0.25, -0.2) is 4.39 Å². The van der Waals surface area contributed by atoms with Gasteiger partial charge in [-0.3, -0.25) is 9.59 Å². The van der Waals surface area contributed by atoms with Gasteiger partial charge in [0.05, 0.1) is 11.4 Å². The Morgan fingerprint density at radius 1 is 1.06 bits per heavy atom. The van der Waals surface area contributed by atoms with Crippen molar-refractivity contribution in [3.8, 4) is 5.75 Å². The zero-order valence-electron chi connectivity index (χ0n) is 20.2. The van der Waals surface area contributed by atoms with Crippen LogP contribution >= 0.6 is 11.6 Å². The Balaban J connectivity index is 1.45. The fourth-order valence-corrected chi connectivity index (χ4v) is 4.88. The number of amides is 1. The second-order valence-corrected chi connectivity index (χ2v) is 9.91. The zero-order valence-corrected chi connectivity index (χ0v) is 20.9. The molecule has 36 heavy (non-hydrogen) atoms. The molecule has 1 N–H and O–H groups in total. The summed E-state index contributed by atoms with van der Waals surface area (Å²) in [5.41, 5.74) is 2.92. The lowest BCUT2D eigenvalue weighted by Gasteiger charge is -2.24. The lowest BCUT2D eigenvalue weighted by molar-refractivity contribution is -0.137. The molecule has 188 valence electrons. The molecule has 3 aromatic carbocycles. The summed E-state index contributed by atoms with van der Waals surface area (Å²) in [6.07, 6.45) is 2.56. The molecule has 0 aromatic heterocycles. The SMILES string of the molecule is C[C@]1(Cc2ccc(F)c(Cl)c2)Cc2cc(C(=O)N(CCCc3ccccc3)CCC(=O)O)ccc2O1. The van der Waals surface area contributed by atoms with Gasteiger partial charge in [0.2, 0.25) is 0 Å². The second kappa shape index (κ2) is 11.1. The first-order valence-corrected chi connectivity index (χ1v) is 12.4. The van der Waals surface area contributed by atoms with Gasteiger partial charge in [-0.15, -0.1) is 0 Å². The van der Waals surface area contributed by atoms with Gasteiger partial charge in [0.25, 0.3) is 5.91 Å². The van der Waals surface area contributed by atoms with E-state index in [4.69, 9.17) is 16.3 Å². The minimum absolute atomic E-state index is 0.0770. The molecule has 0 saturated heterocycles. The number of hydrogen-bond donors (Lipinski definition) is 1. The largest absolute Gasteiger partial charge is 0.487 e. The van der Waals surface area contributed by atoms with Crippen molar-refractivity contribution < 1.29 is 23.8 Å². The number of nitrogens with zero attached hydrogens (tertiary/aromatic N) is 1. The van der Waals surface area contributed by atoms with Crippen molar-refractivity contribution in [2.45, 2.75) is 44.6 Å². The molecular formula is C29H29ClFNO4. The number of benzene rings is 3. The molecule has 1 amide bonds. The van der Waals surface area contributed by atoms with Crippen molar-refractivity contribution in [1.29, 1.82) is 0 Å². The van der Waals surface area contributed by atoms with Crippen LogP contribution in [-0.4, -0.2) is 40.6 Å². The molecular weight excluding hydrogens is 481 g/mol. The average Bonchev–Trinajstić information content (AvgIpc) is 3.18. The minimum atomic E-state index is -0.935. The minimum Gasteiger partial charge on any atom is -0.487 e. The number of aliphatic carboxylic acids is 1. The maximum absolute atomic E-state index is 13.5. The third-order valence-electron chi connectivity index (χ3n) is 6.41. The fraction of sp³-hybridized carbons (Fsp3) is 0.310. The Kier molecular flexibility index (Phi) is 7.94. The summed E-state index contributed by atoms with van der Waals surface area (Å²) < 4.78 is 19.8. The zero-order chi connectivity index (χ0) is 25.7. The number of fused-ring (bicyclic) bond motifs is 1. The Morgan fingerprint density at radius 3 is 2.56 bits per heavy atom. The quantitative estimate of drug-likeness (QED) is 0.366. The Hall–Kier alpha value is -3.38. The van der Waals surface area contributed by atoms with E-state index in [1.165, 1.54) is 11.6 Å². The Morgan fingerprint density at radius 2 is 1.83 bits per heavy atom. The van der Waals surface area contributed by atoms with E-state index in [2.05, 4.69) is 0 Å². The van der Waals surface area contributed by atoms with Gasteiger partial charge < -0.3 is 14.7 Å². The molecule has 0 bridgehead atoms. The van der Waals surface area contributed by atoms with Gasteiger partial charge >= 0.3 is 5.97 Å². The summed E-state index contributed by atoms with van der Waals surface area (Å²) in [4.78, 5) is 26.2. The molecule has 1 aliphatic heterocycles. The molecule has 0 aliphatic carbocycles. The molecule has 0 fully saturated rings. The highest BCUT2D eigenvalue weighted by Crippen LogP contribution is 2.38. The standard InChI is InChI=1S/C29H29ClFNO4/c1-29(18-21-9-11-25(31)24(30)16-21)19-23-17-22(10-12-26(23)36-29)28(35)32(15-13-27(33)34)14-5-8-20-6-3-2-4-7-20/h2-4,6-7,9-12,16-17H,5,8,13-15,18-19H2,1H3,(H,33,34)/t29-/m0/s1. The summed E-state index contributed by atoms with van der Waals surface area (Å²) in [6, 6.07) is 20.0. The number of halogens is 2. The predicted octanol–water partition coefficient (Wildman–Crippen LogP) is 5.97. The maximum atomic E-state index is 13.5. The molecule has 7 heteroatoms. The predicted molar refractivity (Wildman–Crippen MR) is 137 cm³/mol. The number of carboxylic acid groups (broad SMARTS) is 1. The van der Waals surface area contributed by atoms with E-state index >= 15 is 0 Å². The lowest BCUT2D eigenvalue weighted by Crippen LogP contribution is -2.34. The molecule has 3 aromatic rings. The van der Waals surface area contributed by atoms with Crippen molar-refractivity contribution in [3.05, 3.63) is 99.8 Å². The van der Waals surface area contributed by atoms with Crippen LogP contribution in [0.2, 0.25) is 5.02 Å². The van der Waals surface area contributed by atoms with Crippen LogP contribution in [0.1, 0.15) is 46.8 Å². The number of carboxylic acids is 1. The van der Waals surface area contributed by atoms with E-state index in [1.807, 2.05) is 43.3 Å². The number of ether oxygens (including phenoxy) is 1. The normalized spacial score (nSPS) is 16.3. The molecule has 1 aliphatic rings. The smallest absolute Gasteiger partial charge is 0.305 e. The van der Waals surface area contributed by atoms with Crippen molar-refractivity contribution in [2.24, 2.45) is 0 Å². The fourth-order valence-electron chi connectivity index (χ4n) is 4.68. The van der Waals surface area contributed by atoms with E-state index in [1.54, 1.807) is 29.2 Å². The first-order chi connectivity index (χ1) is 17.2. The Bertz CT molecular complexity index is 1250. The number of carbonyl (C=O) groups excluding carboxylic acids is 1. The van der Waals surface area contributed by atoms with Crippen LogP contribution in [0.15, 0.2) is 66.7 Å². The van der Waals surface area contributed by atoms with Gasteiger partial charge in [0, 0.05) is 31.5 Å². The number of carbonyl (C=O) groups is 2. The molecule has 0 radical (unpaired) electrons. The van der Waals surface area contributed by atoms with Gasteiger partial charge in [0.15, 0.2) is 0 Å². The maximum Gasteiger partial charge on any atom is 0.305 e. The van der Waals surface area contributed by atoms with Gasteiger partial charge in [-0.2, -0.15) is 0 Å². The molecule has 5 nitrogen and oxygen atoms in total. The third-order valence-corrected chi connectivity index (χ3v) is 6.70. The topological polar surface area (TPSA) is 66.8 Å². The Labute approximate surface area is 215 Å². The third kappa shape index (κ3) is 6.43. The van der Waals surface area contributed by atoms with E-state index in [-0.39, 0.29) is 23.9 Å². The van der Waals surface area contributed by atoms with Crippen molar-refractivity contribution >= 4 is 23.5 Å².